The van der Waals surface area contributed by atoms with Crippen LogP contribution in [0.2, 0.25) is 0 Å². The summed E-state index contributed by atoms with van der Waals surface area (Å²) in [5, 5.41) is 19.7. The number of nitrogens with two attached hydrogens (primary N) is 1. The molecule has 0 bridgehead atoms. The van der Waals surface area contributed by atoms with Crippen LogP contribution in [0.1, 0.15) is 12.0 Å². The van der Waals surface area contributed by atoms with E-state index >= 15 is 0 Å². The monoisotopic (exact) mass is 453 g/mol. The van der Waals surface area contributed by atoms with Gasteiger partial charge in [-0.2, -0.15) is 5.26 Å². The second-order valence-corrected chi connectivity index (χ2v) is 8.62. The quantitative estimate of drug-likeness (QED) is 0.285. The number of benzene rings is 4. The van der Waals surface area contributed by atoms with E-state index in [1.54, 1.807) is 0 Å². The van der Waals surface area contributed by atoms with Gasteiger partial charge in [0.1, 0.15) is 11.2 Å². The van der Waals surface area contributed by atoms with Gasteiger partial charge in [-0.3, -0.25) is 0 Å². The van der Waals surface area contributed by atoms with Crippen molar-refractivity contribution in [2.24, 2.45) is 5.73 Å². The first-order valence-corrected chi connectivity index (χ1v) is 11.6. The molecule has 3 N–H and O–H groups in total. The highest BCUT2D eigenvalue weighted by Crippen LogP contribution is 2.41. The lowest BCUT2D eigenvalue weighted by Crippen LogP contribution is -2.29. The normalized spacial score (nSPS) is 16.3. The molecule has 1 unspecified atom stereocenters. The fourth-order valence-corrected chi connectivity index (χ4v) is 5.09. The summed E-state index contributed by atoms with van der Waals surface area (Å²) in [5.74, 6) is 0. The van der Waals surface area contributed by atoms with Crippen LogP contribution in [0.4, 0.5) is 0 Å². The number of nitriles is 1. The van der Waals surface area contributed by atoms with Crippen LogP contribution in [-0.4, -0.2) is 6.04 Å². The van der Waals surface area contributed by atoms with Crippen LogP contribution < -0.4 is 11.1 Å². The van der Waals surface area contributed by atoms with Gasteiger partial charge >= 0.3 is 0 Å². The Balaban J connectivity index is 1.56. The summed E-state index contributed by atoms with van der Waals surface area (Å²) < 4.78 is 6.42. The number of nitrogens with one attached hydrogen (secondary N) is 1. The molecule has 4 aromatic carbocycles. The Morgan fingerprint density at radius 1 is 0.971 bits per heavy atom. The minimum absolute atomic E-state index is 0.0859. The average Bonchev–Trinajstić information content (AvgIpc) is 3.30. The summed E-state index contributed by atoms with van der Waals surface area (Å²) in [6.45, 7) is 0. The van der Waals surface area contributed by atoms with Crippen molar-refractivity contribution in [1.29, 1.82) is 5.26 Å². The summed E-state index contributed by atoms with van der Waals surface area (Å²) in [6.07, 6.45) is 11.8. The largest absolute Gasteiger partial charge is 0.456 e. The molecule has 1 atom stereocenters. The van der Waals surface area contributed by atoms with E-state index in [0.29, 0.717) is 6.42 Å². The van der Waals surface area contributed by atoms with Gasteiger partial charge in [-0.25, -0.2) is 0 Å². The van der Waals surface area contributed by atoms with Crippen molar-refractivity contribution in [3.05, 3.63) is 114 Å². The standard InChI is InChI=1S/C31H23N3O/c32-17-6-8-21(16-18-33)26-12-5-13-27(34-26)25-19-29-31(24-11-4-3-10-23(24)25)30-22-9-2-1-7-20(22)14-15-28(30)35-29/h1-5,7-16,18-19,26,34H,6,33H2/b18-16-,21-8+. The molecule has 0 radical (unpaired) electrons. The van der Waals surface area contributed by atoms with Crippen LogP contribution in [0.5, 0.6) is 0 Å². The molecular weight excluding hydrogens is 430 g/mol. The number of hydrogen-bond acceptors (Lipinski definition) is 4. The highest BCUT2D eigenvalue weighted by molar-refractivity contribution is 6.27. The molecule has 0 fully saturated rings. The Hall–Kier alpha value is -4.75. The lowest BCUT2D eigenvalue weighted by molar-refractivity contribution is 0.669. The van der Waals surface area contributed by atoms with Gasteiger partial charge in [-0.1, -0.05) is 72.8 Å². The first kappa shape index (κ1) is 20.8. The zero-order valence-corrected chi connectivity index (χ0v) is 19.0. The van der Waals surface area contributed by atoms with Crippen LogP contribution in [0.3, 0.4) is 0 Å². The predicted octanol–water partition coefficient (Wildman–Crippen LogP) is 7.07. The molecule has 1 aliphatic rings. The van der Waals surface area contributed by atoms with Gasteiger partial charge in [0.05, 0.1) is 18.5 Å². The minimum atomic E-state index is -0.0859. The maximum atomic E-state index is 9.05. The van der Waals surface area contributed by atoms with Crippen LogP contribution in [0, 0.1) is 11.3 Å². The van der Waals surface area contributed by atoms with Gasteiger partial charge < -0.3 is 15.5 Å². The number of rotatable bonds is 4. The molecule has 6 rings (SSSR count). The first-order valence-electron chi connectivity index (χ1n) is 11.6. The second-order valence-electron chi connectivity index (χ2n) is 8.62. The second kappa shape index (κ2) is 8.55. The third kappa shape index (κ3) is 3.46. The first-order chi connectivity index (χ1) is 17.3. The van der Waals surface area contributed by atoms with Crippen LogP contribution in [0.15, 0.2) is 113 Å². The Morgan fingerprint density at radius 2 is 1.74 bits per heavy atom. The Morgan fingerprint density at radius 3 is 2.57 bits per heavy atom. The predicted molar refractivity (Wildman–Crippen MR) is 144 cm³/mol. The van der Waals surface area contributed by atoms with Gasteiger partial charge in [0.15, 0.2) is 0 Å². The summed E-state index contributed by atoms with van der Waals surface area (Å²) in [5.41, 5.74) is 10.5. The Kier molecular flexibility index (Phi) is 5.09. The number of furan rings is 1. The highest BCUT2D eigenvalue weighted by Gasteiger charge is 2.20. The molecule has 4 heteroatoms. The van der Waals surface area contributed by atoms with Crippen molar-refractivity contribution in [3.8, 4) is 6.07 Å². The Bertz CT molecular complexity index is 1780. The van der Waals surface area contributed by atoms with Gasteiger partial charge in [0, 0.05) is 22.0 Å². The summed E-state index contributed by atoms with van der Waals surface area (Å²) in [6, 6.07) is 25.3. The summed E-state index contributed by atoms with van der Waals surface area (Å²) in [4.78, 5) is 0. The maximum Gasteiger partial charge on any atom is 0.136 e. The van der Waals surface area contributed by atoms with Crippen molar-refractivity contribution in [2.75, 3.05) is 0 Å². The molecule has 4 nitrogen and oxygen atoms in total. The molecule has 0 aliphatic carbocycles. The van der Waals surface area contributed by atoms with Crippen molar-refractivity contribution >= 4 is 49.2 Å². The molecule has 1 aliphatic heterocycles. The maximum absolute atomic E-state index is 9.05. The number of dihydropyridines is 1. The summed E-state index contributed by atoms with van der Waals surface area (Å²) in [7, 11) is 0. The SMILES string of the molecule is N#CC/C=C(\C=C/N)C1C=CC=C(c2cc3oc4ccc5ccccc5c4c3c3ccccc23)N1. The number of nitrogens with zero attached hydrogens (tertiary/aromatic N) is 1. The molecule has 1 aromatic heterocycles. The van der Waals surface area contributed by atoms with Crippen molar-refractivity contribution < 1.29 is 4.42 Å². The Labute approximate surface area is 202 Å². The van der Waals surface area contributed by atoms with Gasteiger partial charge in [0.2, 0.25) is 0 Å². The van der Waals surface area contributed by atoms with E-state index in [1.807, 2.05) is 18.2 Å². The van der Waals surface area contributed by atoms with E-state index in [9.17, 15) is 0 Å². The van der Waals surface area contributed by atoms with E-state index < -0.39 is 0 Å². The molecule has 168 valence electrons. The van der Waals surface area contributed by atoms with Gasteiger partial charge in [0.25, 0.3) is 0 Å². The smallest absolute Gasteiger partial charge is 0.136 e. The topological polar surface area (TPSA) is 75.0 Å². The highest BCUT2D eigenvalue weighted by atomic mass is 16.3. The van der Waals surface area contributed by atoms with Gasteiger partial charge in [-0.15, -0.1) is 0 Å². The molecule has 5 aromatic rings. The molecule has 0 saturated heterocycles. The van der Waals surface area contributed by atoms with Crippen molar-refractivity contribution in [1.82, 2.24) is 5.32 Å². The fraction of sp³-hybridized carbons (Fsp3) is 0.0645. The fourth-order valence-electron chi connectivity index (χ4n) is 5.09. The minimum Gasteiger partial charge on any atom is -0.456 e. The average molecular weight is 454 g/mol. The molecular formula is C31H23N3O. The number of hydrogen-bond donors (Lipinski definition) is 2. The zero-order chi connectivity index (χ0) is 23.8. The lowest BCUT2D eigenvalue weighted by atomic mass is 9.94. The van der Waals surface area contributed by atoms with Gasteiger partial charge in [-0.05, 0) is 57.6 Å². The number of allylic oxidation sites excluding steroid dienone is 3. The molecule has 0 saturated carbocycles. The van der Waals surface area contributed by atoms with E-state index in [-0.39, 0.29) is 6.04 Å². The zero-order valence-electron chi connectivity index (χ0n) is 19.0. The van der Waals surface area contributed by atoms with E-state index in [2.05, 4.69) is 90.3 Å². The van der Waals surface area contributed by atoms with Crippen molar-refractivity contribution in [3.63, 3.8) is 0 Å². The van der Waals surface area contributed by atoms with E-state index in [1.165, 1.54) is 17.0 Å². The lowest BCUT2D eigenvalue weighted by Gasteiger charge is -2.24. The van der Waals surface area contributed by atoms with E-state index in [0.717, 1.165) is 49.5 Å². The third-order valence-corrected chi connectivity index (χ3v) is 6.61. The van der Waals surface area contributed by atoms with E-state index in [4.69, 9.17) is 15.4 Å². The van der Waals surface area contributed by atoms with Crippen LogP contribution >= 0.6 is 0 Å². The molecule has 2 heterocycles. The van der Waals surface area contributed by atoms with Crippen LogP contribution in [-0.2, 0) is 0 Å². The number of fused-ring (bicyclic) bond motifs is 7. The van der Waals surface area contributed by atoms with Crippen LogP contribution in [0.25, 0.3) is 49.2 Å². The molecule has 0 amide bonds. The van der Waals surface area contributed by atoms with Crippen molar-refractivity contribution in [2.45, 2.75) is 12.5 Å². The third-order valence-electron chi connectivity index (χ3n) is 6.61. The summed E-state index contributed by atoms with van der Waals surface area (Å²) >= 11 is 0. The molecule has 35 heavy (non-hydrogen) atoms. The molecule has 0 spiro atoms.